The summed E-state index contributed by atoms with van der Waals surface area (Å²) in [7, 11) is 0. The average Bonchev–Trinajstić information content (AvgIpc) is 2.53. The Morgan fingerprint density at radius 2 is 2.33 bits per heavy atom. The lowest BCUT2D eigenvalue weighted by Crippen LogP contribution is -2.51. The smallest absolute Gasteiger partial charge is 0.303 e. The summed E-state index contributed by atoms with van der Waals surface area (Å²) in [6.07, 6.45) is 5.55. The number of fused-ring (bicyclic) bond motifs is 1. The van der Waals surface area contributed by atoms with Crippen molar-refractivity contribution < 1.29 is 9.90 Å². The minimum Gasteiger partial charge on any atom is -0.481 e. The number of carboxylic acid groups (broad SMARTS) is 1. The number of nitrogens with two attached hydrogens (primary N) is 1. The van der Waals surface area contributed by atoms with Crippen molar-refractivity contribution in [1.82, 2.24) is 0 Å². The molecule has 2 fully saturated rings. The molecule has 0 saturated heterocycles. The molecule has 0 amide bonds. The number of rotatable bonds is 4. The van der Waals surface area contributed by atoms with E-state index in [1.54, 1.807) is 0 Å². The van der Waals surface area contributed by atoms with Crippen LogP contribution in [0.25, 0.3) is 0 Å². The van der Waals surface area contributed by atoms with Gasteiger partial charge in [0.1, 0.15) is 0 Å². The molecule has 15 heavy (non-hydrogen) atoms. The molecule has 2 aliphatic rings. The number of aliphatic carboxylic acids is 1. The normalized spacial score (nSPS) is 43.1. The van der Waals surface area contributed by atoms with Gasteiger partial charge in [-0.05, 0) is 49.0 Å². The molecule has 0 unspecified atom stereocenters. The maximum Gasteiger partial charge on any atom is 0.303 e. The number of carbonyl (C=O) groups is 1. The molecular formula is C12H19NO2. The van der Waals surface area contributed by atoms with Gasteiger partial charge in [0, 0.05) is 0 Å². The molecule has 84 valence electrons. The van der Waals surface area contributed by atoms with Crippen molar-refractivity contribution in [2.75, 3.05) is 6.54 Å². The summed E-state index contributed by atoms with van der Waals surface area (Å²) in [6.45, 7) is 4.34. The third-order valence-electron chi connectivity index (χ3n) is 4.43. The molecule has 3 nitrogen and oxygen atoms in total. The molecule has 2 saturated carbocycles. The lowest BCUT2D eigenvalue weighted by Gasteiger charge is -2.51. The number of hydrogen-bond acceptors (Lipinski definition) is 2. The van der Waals surface area contributed by atoms with Crippen LogP contribution in [0.2, 0.25) is 0 Å². The van der Waals surface area contributed by atoms with Crippen LogP contribution in [-0.2, 0) is 4.79 Å². The Kier molecular flexibility index (Phi) is 2.59. The van der Waals surface area contributed by atoms with Crippen LogP contribution in [0, 0.1) is 23.2 Å². The van der Waals surface area contributed by atoms with Crippen molar-refractivity contribution in [2.24, 2.45) is 28.9 Å². The van der Waals surface area contributed by atoms with Crippen LogP contribution in [0.15, 0.2) is 12.7 Å². The van der Waals surface area contributed by atoms with E-state index >= 15 is 0 Å². The highest BCUT2D eigenvalue weighted by Crippen LogP contribution is 2.61. The third kappa shape index (κ3) is 1.59. The fourth-order valence-corrected chi connectivity index (χ4v) is 3.66. The predicted octanol–water partition coefficient (Wildman–Crippen LogP) is 1.64. The monoisotopic (exact) mass is 209 g/mol. The zero-order chi connectivity index (χ0) is 11.1. The summed E-state index contributed by atoms with van der Waals surface area (Å²) < 4.78 is 0. The van der Waals surface area contributed by atoms with Crippen LogP contribution in [-0.4, -0.2) is 17.6 Å². The first-order chi connectivity index (χ1) is 7.11. The van der Waals surface area contributed by atoms with Gasteiger partial charge in [-0.3, -0.25) is 4.79 Å². The highest BCUT2D eigenvalue weighted by atomic mass is 16.4. The Labute approximate surface area is 90.3 Å². The molecule has 3 N–H and O–H groups in total. The lowest BCUT2D eigenvalue weighted by atomic mass is 9.53. The second kappa shape index (κ2) is 3.63. The molecule has 0 aromatic carbocycles. The summed E-state index contributed by atoms with van der Waals surface area (Å²) in [5, 5.41) is 8.91. The maximum atomic E-state index is 10.8. The molecule has 4 atom stereocenters. The fraction of sp³-hybridized carbons (Fsp3) is 0.750. The third-order valence-corrected chi connectivity index (χ3v) is 4.43. The summed E-state index contributed by atoms with van der Waals surface area (Å²) in [6, 6.07) is 0. The number of hydrogen-bond donors (Lipinski definition) is 2. The fourth-order valence-electron chi connectivity index (χ4n) is 3.66. The first-order valence-electron chi connectivity index (χ1n) is 5.66. The molecule has 0 radical (unpaired) electrons. The van der Waals surface area contributed by atoms with E-state index in [-0.39, 0.29) is 11.8 Å². The van der Waals surface area contributed by atoms with Gasteiger partial charge < -0.3 is 10.8 Å². The second-order valence-corrected chi connectivity index (χ2v) is 5.17. The Bertz CT molecular complexity index is 289. The van der Waals surface area contributed by atoms with Crippen molar-refractivity contribution in [2.45, 2.75) is 25.7 Å². The summed E-state index contributed by atoms with van der Waals surface area (Å²) in [5.74, 6) is 1.11. The van der Waals surface area contributed by atoms with E-state index in [4.69, 9.17) is 10.8 Å². The Hall–Kier alpha value is -0.830. The second-order valence-electron chi connectivity index (χ2n) is 5.17. The van der Waals surface area contributed by atoms with Gasteiger partial charge >= 0.3 is 5.97 Å². The first-order valence-corrected chi connectivity index (χ1v) is 5.66. The van der Waals surface area contributed by atoms with Crippen molar-refractivity contribution >= 4 is 5.97 Å². The largest absolute Gasteiger partial charge is 0.481 e. The van der Waals surface area contributed by atoms with Gasteiger partial charge in [0.25, 0.3) is 0 Å². The lowest BCUT2D eigenvalue weighted by molar-refractivity contribution is -0.145. The number of carboxylic acids is 1. The molecule has 0 heterocycles. The van der Waals surface area contributed by atoms with Gasteiger partial charge in [0.05, 0.1) is 6.42 Å². The molecule has 2 aliphatic carbocycles. The van der Waals surface area contributed by atoms with Gasteiger partial charge in [0.2, 0.25) is 0 Å². The standard InChI is InChI=1S/C12H19NO2/c1-2-8-3-9-5-12(7-13,6-11(14)15)10(9)4-8/h2,8-10H,1,3-7,13H2,(H,14,15)/t8-,9-,10-,12-/m1/s1. The molecule has 0 bridgehead atoms. The Morgan fingerprint density at radius 3 is 2.87 bits per heavy atom. The van der Waals surface area contributed by atoms with Crippen LogP contribution in [0.5, 0.6) is 0 Å². The summed E-state index contributed by atoms with van der Waals surface area (Å²) in [4.78, 5) is 10.8. The average molecular weight is 209 g/mol. The molecule has 0 spiro atoms. The maximum absolute atomic E-state index is 10.8. The topological polar surface area (TPSA) is 63.3 Å². The van der Waals surface area contributed by atoms with Crippen LogP contribution in [0.4, 0.5) is 0 Å². The minimum atomic E-state index is -0.707. The van der Waals surface area contributed by atoms with Gasteiger partial charge in [-0.25, -0.2) is 0 Å². The van der Waals surface area contributed by atoms with E-state index < -0.39 is 5.97 Å². The van der Waals surface area contributed by atoms with Crippen molar-refractivity contribution in [3.63, 3.8) is 0 Å². The highest BCUT2D eigenvalue weighted by molar-refractivity contribution is 5.68. The van der Waals surface area contributed by atoms with Crippen molar-refractivity contribution in [3.8, 4) is 0 Å². The molecule has 0 aliphatic heterocycles. The van der Waals surface area contributed by atoms with E-state index in [2.05, 4.69) is 6.58 Å². The molecule has 0 aromatic heterocycles. The van der Waals surface area contributed by atoms with E-state index in [0.717, 1.165) is 12.8 Å². The zero-order valence-corrected chi connectivity index (χ0v) is 8.98. The summed E-state index contributed by atoms with van der Waals surface area (Å²) >= 11 is 0. The van der Waals surface area contributed by atoms with E-state index in [1.807, 2.05) is 6.08 Å². The first kappa shape index (κ1) is 10.7. The van der Waals surface area contributed by atoms with Crippen molar-refractivity contribution in [3.05, 3.63) is 12.7 Å². The molecular weight excluding hydrogens is 190 g/mol. The van der Waals surface area contributed by atoms with E-state index in [0.29, 0.717) is 24.3 Å². The Morgan fingerprint density at radius 1 is 1.60 bits per heavy atom. The quantitative estimate of drug-likeness (QED) is 0.692. The van der Waals surface area contributed by atoms with Gasteiger partial charge in [-0.1, -0.05) is 6.08 Å². The van der Waals surface area contributed by atoms with Crippen LogP contribution >= 0.6 is 0 Å². The predicted molar refractivity (Wildman–Crippen MR) is 58.3 cm³/mol. The van der Waals surface area contributed by atoms with Crippen LogP contribution in [0.3, 0.4) is 0 Å². The van der Waals surface area contributed by atoms with Gasteiger partial charge in [0.15, 0.2) is 0 Å². The van der Waals surface area contributed by atoms with Gasteiger partial charge in [-0.2, -0.15) is 0 Å². The zero-order valence-electron chi connectivity index (χ0n) is 8.98. The number of allylic oxidation sites excluding steroid dienone is 1. The molecule has 3 heteroatoms. The Balaban J connectivity index is 2.06. The van der Waals surface area contributed by atoms with E-state index in [1.165, 1.54) is 6.42 Å². The van der Waals surface area contributed by atoms with Crippen molar-refractivity contribution in [1.29, 1.82) is 0 Å². The van der Waals surface area contributed by atoms with Gasteiger partial charge in [-0.15, -0.1) is 6.58 Å². The van der Waals surface area contributed by atoms with E-state index in [9.17, 15) is 4.79 Å². The SMILES string of the molecule is C=C[C@@H]1C[C@@H]2C[C@](CN)(CC(=O)O)[C@@H]2C1. The highest BCUT2D eigenvalue weighted by Gasteiger charge is 2.56. The van der Waals surface area contributed by atoms with Crippen LogP contribution < -0.4 is 5.73 Å². The molecule has 2 rings (SSSR count). The van der Waals surface area contributed by atoms with Crippen LogP contribution in [0.1, 0.15) is 25.7 Å². The molecule has 0 aromatic rings. The summed E-state index contributed by atoms with van der Waals surface area (Å²) in [5.41, 5.74) is 5.67. The minimum absolute atomic E-state index is 0.103.